The van der Waals surface area contributed by atoms with Gasteiger partial charge in [-0.15, -0.1) is 0 Å². The Morgan fingerprint density at radius 1 is 1.25 bits per heavy atom. The van der Waals surface area contributed by atoms with Crippen molar-refractivity contribution in [1.82, 2.24) is 5.32 Å². The van der Waals surface area contributed by atoms with Gasteiger partial charge in [-0.05, 0) is 49.6 Å². The van der Waals surface area contributed by atoms with Gasteiger partial charge >= 0.3 is 0 Å². The highest BCUT2D eigenvalue weighted by atomic mass is 16.5. The molecule has 28 heavy (non-hydrogen) atoms. The lowest BCUT2D eigenvalue weighted by Crippen LogP contribution is -2.39. The van der Waals surface area contributed by atoms with E-state index in [0.717, 1.165) is 25.3 Å². The molecule has 2 aromatic rings. The van der Waals surface area contributed by atoms with Crippen molar-refractivity contribution < 1.29 is 14.3 Å². The zero-order valence-electron chi connectivity index (χ0n) is 16.8. The number of hydrogen-bond acceptors (Lipinski definition) is 4. The molecule has 0 unspecified atom stereocenters. The van der Waals surface area contributed by atoms with Gasteiger partial charge in [-0.3, -0.25) is 4.79 Å². The van der Waals surface area contributed by atoms with Gasteiger partial charge in [0.05, 0.1) is 13.7 Å². The van der Waals surface area contributed by atoms with Gasteiger partial charge in [0.2, 0.25) is 5.91 Å². The van der Waals surface area contributed by atoms with Crippen LogP contribution in [0.4, 0.5) is 5.69 Å². The van der Waals surface area contributed by atoms with Gasteiger partial charge in [-0.25, -0.2) is 0 Å². The van der Waals surface area contributed by atoms with Crippen LogP contribution >= 0.6 is 0 Å². The third-order valence-electron chi connectivity index (χ3n) is 5.70. The molecule has 1 amide bonds. The fraction of sp³-hybridized carbons (Fsp3) is 0.435. The van der Waals surface area contributed by atoms with Crippen molar-refractivity contribution in [3.05, 3.63) is 59.7 Å². The number of nitrogens with zero attached hydrogens (tertiary/aromatic N) is 1. The predicted molar refractivity (Wildman–Crippen MR) is 110 cm³/mol. The molecule has 1 N–H and O–H groups in total. The molecule has 1 saturated heterocycles. The Bertz CT molecular complexity index is 849. The summed E-state index contributed by atoms with van der Waals surface area (Å²) in [6.07, 6.45) is 0.346. The first kappa shape index (κ1) is 18.8. The van der Waals surface area contributed by atoms with Crippen molar-refractivity contribution in [3.63, 3.8) is 0 Å². The first-order chi connectivity index (χ1) is 13.5. The van der Waals surface area contributed by atoms with Crippen LogP contribution in [0.2, 0.25) is 0 Å². The number of para-hydroxylation sites is 1. The topological polar surface area (TPSA) is 50.8 Å². The number of fused-ring (bicyclic) bond motifs is 2. The molecule has 1 spiro atoms. The average Bonchev–Trinajstić information content (AvgIpc) is 3.25. The lowest BCUT2D eigenvalue weighted by Gasteiger charge is -2.24. The van der Waals surface area contributed by atoms with Gasteiger partial charge in [0.25, 0.3) is 0 Å². The number of nitrogens with one attached hydrogen (secondary N) is 1. The minimum absolute atomic E-state index is 0.00189. The fourth-order valence-electron chi connectivity index (χ4n) is 4.40. The summed E-state index contributed by atoms with van der Waals surface area (Å²) in [6, 6.07) is 16.9. The van der Waals surface area contributed by atoms with Crippen molar-refractivity contribution in [1.29, 1.82) is 0 Å². The highest BCUT2D eigenvalue weighted by molar-refractivity contribution is 5.82. The molecule has 2 aliphatic rings. The molecular formula is C23H28N2O3. The summed E-state index contributed by atoms with van der Waals surface area (Å²) in [4.78, 5) is 14.9. The quantitative estimate of drug-likeness (QED) is 0.865. The molecule has 0 bridgehead atoms. The Hall–Kier alpha value is -2.53. The van der Waals surface area contributed by atoms with Crippen LogP contribution < -0.4 is 15.0 Å². The van der Waals surface area contributed by atoms with Crippen molar-refractivity contribution >= 4 is 11.6 Å². The largest absolute Gasteiger partial charge is 0.497 e. The zero-order chi connectivity index (χ0) is 19.7. The zero-order valence-corrected chi connectivity index (χ0v) is 16.8. The van der Waals surface area contributed by atoms with Crippen LogP contribution in [0.3, 0.4) is 0 Å². The van der Waals surface area contributed by atoms with Crippen LogP contribution in [0.5, 0.6) is 5.75 Å². The van der Waals surface area contributed by atoms with E-state index >= 15 is 0 Å². The van der Waals surface area contributed by atoms with Crippen molar-refractivity contribution in [2.75, 3.05) is 25.2 Å². The van der Waals surface area contributed by atoms with Gasteiger partial charge in [0.15, 0.2) is 0 Å². The average molecular weight is 380 g/mol. The van der Waals surface area contributed by atoms with Crippen molar-refractivity contribution in [2.45, 2.75) is 44.4 Å². The molecule has 0 saturated carbocycles. The van der Waals surface area contributed by atoms with E-state index in [1.165, 1.54) is 16.8 Å². The van der Waals surface area contributed by atoms with E-state index in [0.29, 0.717) is 6.61 Å². The summed E-state index contributed by atoms with van der Waals surface area (Å²) in [5.74, 6) is 0.864. The molecule has 5 heteroatoms. The number of rotatable bonds is 5. The van der Waals surface area contributed by atoms with E-state index in [1.54, 1.807) is 7.11 Å². The maximum atomic E-state index is 12.5. The molecule has 0 radical (unpaired) electrons. The summed E-state index contributed by atoms with van der Waals surface area (Å²) < 4.78 is 11.2. The second kappa shape index (κ2) is 7.47. The van der Waals surface area contributed by atoms with Crippen molar-refractivity contribution in [3.8, 4) is 5.75 Å². The van der Waals surface area contributed by atoms with Crippen LogP contribution in [-0.2, 0) is 21.5 Å². The highest BCUT2D eigenvalue weighted by Crippen LogP contribution is 2.47. The summed E-state index contributed by atoms with van der Waals surface area (Å²) in [5, 5.41) is 2.99. The molecule has 5 nitrogen and oxygen atoms in total. The summed E-state index contributed by atoms with van der Waals surface area (Å²) in [7, 11) is 1.68. The van der Waals surface area contributed by atoms with Gasteiger partial charge in [-0.1, -0.05) is 30.3 Å². The SMILES string of the molecule is COc1ccc(CN2C[C@@]3(CO[C@H](C(=O)NC(C)C)C3)c3ccccc32)cc1. The van der Waals surface area contributed by atoms with Crippen LogP contribution in [0.1, 0.15) is 31.4 Å². The fourth-order valence-corrected chi connectivity index (χ4v) is 4.40. The van der Waals surface area contributed by atoms with Gasteiger partial charge in [0.1, 0.15) is 11.9 Å². The molecule has 0 aliphatic carbocycles. The molecule has 0 aromatic heterocycles. The molecule has 1 fully saturated rings. The summed E-state index contributed by atoms with van der Waals surface area (Å²) in [6.45, 7) is 6.23. The standard InChI is InChI=1S/C23H28N2O3/c1-16(2)24-22(26)21-12-23(15-28-21)14-25(20-7-5-4-6-19(20)23)13-17-8-10-18(27-3)11-9-17/h4-11,16,21H,12-15H2,1-3H3,(H,24,26)/t21-,23-/m0/s1. The van der Waals surface area contributed by atoms with Gasteiger partial charge < -0.3 is 19.7 Å². The number of methoxy groups -OCH3 is 1. The minimum atomic E-state index is -0.378. The minimum Gasteiger partial charge on any atom is -0.497 e. The van der Waals surface area contributed by atoms with E-state index in [1.807, 2.05) is 26.0 Å². The number of anilines is 1. The maximum absolute atomic E-state index is 12.5. The number of carbonyl (C=O) groups is 1. The Labute approximate surface area is 166 Å². The molecule has 148 valence electrons. The number of benzene rings is 2. The third kappa shape index (κ3) is 3.47. The van der Waals surface area contributed by atoms with Crippen LogP contribution in [0.15, 0.2) is 48.5 Å². The number of ether oxygens (including phenoxy) is 2. The number of carbonyl (C=O) groups excluding carboxylic acids is 1. The Kier molecular flexibility index (Phi) is 5.02. The Morgan fingerprint density at radius 2 is 2.00 bits per heavy atom. The van der Waals surface area contributed by atoms with E-state index in [9.17, 15) is 4.79 Å². The lowest BCUT2D eigenvalue weighted by atomic mass is 9.80. The Balaban J connectivity index is 1.55. The molecule has 2 heterocycles. The highest BCUT2D eigenvalue weighted by Gasteiger charge is 2.50. The van der Waals surface area contributed by atoms with Gasteiger partial charge in [-0.2, -0.15) is 0 Å². The number of amides is 1. The normalized spacial score (nSPS) is 23.3. The first-order valence-corrected chi connectivity index (χ1v) is 9.90. The Morgan fingerprint density at radius 3 is 2.71 bits per heavy atom. The molecular weight excluding hydrogens is 352 g/mol. The lowest BCUT2D eigenvalue weighted by molar-refractivity contribution is -0.130. The number of hydrogen-bond donors (Lipinski definition) is 1. The molecule has 2 aromatic carbocycles. The smallest absolute Gasteiger partial charge is 0.249 e. The summed E-state index contributed by atoms with van der Waals surface area (Å²) >= 11 is 0. The van der Waals surface area contributed by atoms with Crippen LogP contribution in [0.25, 0.3) is 0 Å². The van der Waals surface area contributed by atoms with Crippen molar-refractivity contribution in [2.24, 2.45) is 0 Å². The van der Waals surface area contributed by atoms with Crippen LogP contribution in [0, 0.1) is 0 Å². The first-order valence-electron chi connectivity index (χ1n) is 9.90. The summed E-state index contributed by atoms with van der Waals surface area (Å²) in [5.41, 5.74) is 3.65. The molecule has 2 aliphatic heterocycles. The maximum Gasteiger partial charge on any atom is 0.249 e. The monoisotopic (exact) mass is 380 g/mol. The second-order valence-corrected chi connectivity index (χ2v) is 8.17. The van der Waals surface area contributed by atoms with Crippen LogP contribution in [-0.4, -0.2) is 38.3 Å². The van der Waals surface area contributed by atoms with E-state index < -0.39 is 0 Å². The third-order valence-corrected chi connectivity index (χ3v) is 5.70. The van der Waals surface area contributed by atoms with E-state index in [-0.39, 0.29) is 23.5 Å². The predicted octanol–water partition coefficient (Wildman–Crippen LogP) is 3.27. The van der Waals surface area contributed by atoms with E-state index in [4.69, 9.17) is 9.47 Å². The molecule has 4 rings (SSSR count). The van der Waals surface area contributed by atoms with E-state index in [2.05, 4.69) is 46.6 Å². The second-order valence-electron chi connectivity index (χ2n) is 8.17. The van der Waals surface area contributed by atoms with Gasteiger partial charge in [0, 0.05) is 30.2 Å². The molecule has 2 atom stereocenters.